The Bertz CT molecular complexity index is 628. The Balaban J connectivity index is 2.13. The first-order valence-corrected chi connectivity index (χ1v) is 7.26. The van der Waals surface area contributed by atoms with Gasteiger partial charge in [-0.25, -0.2) is 0 Å². The maximum atomic E-state index is 12.2. The highest BCUT2D eigenvalue weighted by Gasteiger charge is 2.14. The molecular weight excluding hydrogens is 340 g/mol. The van der Waals surface area contributed by atoms with Gasteiger partial charge in [0, 0.05) is 15.2 Å². The topological polar surface area (TPSA) is 55.1 Å². The minimum Gasteiger partial charge on any atom is -0.398 e. The van der Waals surface area contributed by atoms with Crippen LogP contribution in [0, 0.1) is 0 Å². The molecule has 0 saturated carbocycles. The molecule has 1 atom stereocenters. The monoisotopic (exact) mass is 352 g/mol. The summed E-state index contributed by atoms with van der Waals surface area (Å²) in [6.45, 7) is 1.92. The molecule has 0 aliphatic carbocycles. The van der Waals surface area contributed by atoms with Crippen LogP contribution < -0.4 is 11.1 Å². The zero-order valence-corrected chi connectivity index (χ0v) is 13.2. The summed E-state index contributed by atoms with van der Waals surface area (Å²) in [5.41, 5.74) is 7.63. The zero-order chi connectivity index (χ0) is 14.7. The molecule has 2 rings (SSSR count). The van der Waals surface area contributed by atoms with Gasteiger partial charge in [0.2, 0.25) is 0 Å². The van der Waals surface area contributed by atoms with Crippen molar-refractivity contribution >= 4 is 39.1 Å². The molecule has 3 nitrogen and oxygen atoms in total. The molecule has 5 heteroatoms. The Morgan fingerprint density at radius 3 is 2.50 bits per heavy atom. The Morgan fingerprint density at radius 1 is 1.25 bits per heavy atom. The summed E-state index contributed by atoms with van der Waals surface area (Å²) in [5.74, 6) is -0.213. The van der Waals surface area contributed by atoms with Gasteiger partial charge in [-0.15, -0.1) is 0 Å². The molecule has 3 N–H and O–H groups in total. The lowest BCUT2D eigenvalue weighted by molar-refractivity contribution is 0.0941. The van der Waals surface area contributed by atoms with E-state index < -0.39 is 0 Å². The van der Waals surface area contributed by atoms with Gasteiger partial charge in [0.05, 0.1) is 11.6 Å². The number of carbonyl (C=O) groups is 1. The molecule has 2 aromatic rings. The number of amides is 1. The Labute approximate surface area is 131 Å². The molecule has 0 aliphatic heterocycles. The molecular formula is C15H14BrClN2O. The third-order valence-electron chi connectivity index (χ3n) is 2.98. The average Bonchev–Trinajstić information content (AvgIpc) is 2.39. The first-order chi connectivity index (χ1) is 9.47. The molecule has 0 bridgehead atoms. The summed E-state index contributed by atoms with van der Waals surface area (Å²) < 4.78 is 1.00. The molecule has 0 fully saturated rings. The van der Waals surface area contributed by atoms with Crippen LogP contribution in [0.2, 0.25) is 5.02 Å². The van der Waals surface area contributed by atoms with Crippen molar-refractivity contribution in [1.82, 2.24) is 5.32 Å². The summed E-state index contributed by atoms with van der Waals surface area (Å²) in [6, 6.07) is 12.5. The summed E-state index contributed by atoms with van der Waals surface area (Å²) in [7, 11) is 0. The van der Waals surface area contributed by atoms with E-state index in [1.807, 2.05) is 31.2 Å². The second-order valence-electron chi connectivity index (χ2n) is 4.48. The summed E-state index contributed by atoms with van der Waals surface area (Å²) in [5, 5.41) is 3.43. The van der Waals surface area contributed by atoms with E-state index in [1.165, 1.54) is 0 Å². The lowest BCUT2D eigenvalue weighted by Gasteiger charge is -2.15. The molecule has 0 radical (unpaired) electrons. The second-order valence-corrected chi connectivity index (χ2v) is 5.83. The lowest BCUT2D eigenvalue weighted by atomic mass is 10.1. The van der Waals surface area contributed by atoms with Crippen molar-refractivity contribution in [3.8, 4) is 0 Å². The van der Waals surface area contributed by atoms with Gasteiger partial charge in [0.15, 0.2) is 0 Å². The summed E-state index contributed by atoms with van der Waals surface area (Å²) in [6.07, 6.45) is 0. The second kappa shape index (κ2) is 6.29. The number of anilines is 1. The van der Waals surface area contributed by atoms with E-state index >= 15 is 0 Å². The number of halogens is 2. The fraction of sp³-hybridized carbons (Fsp3) is 0.133. The number of benzene rings is 2. The summed E-state index contributed by atoms with van der Waals surface area (Å²) >= 11 is 9.20. The van der Waals surface area contributed by atoms with Crippen LogP contribution >= 0.6 is 27.5 Å². The maximum absolute atomic E-state index is 12.2. The third kappa shape index (κ3) is 3.52. The van der Waals surface area contributed by atoms with Crippen molar-refractivity contribution in [2.24, 2.45) is 0 Å². The standard InChI is InChI=1S/C15H14BrClN2O/c1-9(10-2-4-11(16)5-3-10)19-15(20)13-7-6-12(17)8-14(13)18/h2-9H,18H2,1H3,(H,19,20)/t9-/m1/s1. The molecule has 0 saturated heterocycles. The van der Waals surface area contributed by atoms with Crippen molar-refractivity contribution in [2.45, 2.75) is 13.0 Å². The first-order valence-electron chi connectivity index (χ1n) is 6.08. The summed E-state index contributed by atoms with van der Waals surface area (Å²) in [4.78, 5) is 12.2. The van der Waals surface area contributed by atoms with Crippen LogP contribution in [0.4, 0.5) is 5.69 Å². The van der Waals surface area contributed by atoms with E-state index in [4.69, 9.17) is 17.3 Å². The highest BCUT2D eigenvalue weighted by Crippen LogP contribution is 2.20. The van der Waals surface area contributed by atoms with Crippen LogP contribution in [-0.2, 0) is 0 Å². The fourth-order valence-corrected chi connectivity index (χ4v) is 2.29. The number of rotatable bonds is 3. The quantitative estimate of drug-likeness (QED) is 0.813. The van der Waals surface area contributed by atoms with Crippen molar-refractivity contribution < 1.29 is 4.79 Å². The van der Waals surface area contributed by atoms with Crippen LogP contribution in [0.3, 0.4) is 0 Å². The lowest BCUT2D eigenvalue weighted by Crippen LogP contribution is -2.27. The molecule has 0 aromatic heterocycles. The van der Waals surface area contributed by atoms with Crippen LogP contribution in [0.15, 0.2) is 46.9 Å². The minimum absolute atomic E-state index is 0.106. The van der Waals surface area contributed by atoms with E-state index in [0.717, 1.165) is 10.0 Å². The molecule has 1 amide bonds. The highest BCUT2D eigenvalue weighted by molar-refractivity contribution is 9.10. The highest BCUT2D eigenvalue weighted by atomic mass is 79.9. The normalized spacial score (nSPS) is 11.9. The van der Waals surface area contributed by atoms with Crippen molar-refractivity contribution in [3.63, 3.8) is 0 Å². The van der Waals surface area contributed by atoms with E-state index in [2.05, 4.69) is 21.2 Å². The van der Waals surface area contributed by atoms with Crippen LogP contribution in [0.1, 0.15) is 28.9 Å². The largest absolute Gasteiger partial charge is 0.398 e. The predicted octanol–water partition coefficient (Wildman–Crippen LogP) is 4.18. The molecule has 0 unspecified atom stereocenters. The number of nitrogens with one attached hydrogen (secondary N) is 1. The van der Waals surface area contributed by atoms with Gasteiger partial charge in [-0.05, 0) is 42.8 Å². The number of nitrogen functional groups attached to an aromatic ring is 1. The zero-order valence-electron chi connectivity index (χ0n) is 10.9. The number of carbonyl (C=O) groups excluding carboxylic acids is 1. The van der Waals surface area contributed by atoms with E-state index in [1.54, 1.807) is 18.2 Å². The smallest absolute Gasteiger partial charge is 0.253 e. The van der Waals surface area contributed by atoms with Gasteiger partial charge in [-0.2, -0.15) is 0 Å². The molecule has 0 heterocycles. The molecule has 104 valence electrons. The minimum atomic E-state index is -0.213. The number of hydrogen-bond acceptors (Lipinski definition) is 2. The molecule has 0 spiro atoms. The molecule has 2 aromatic carbocycles. The predicted molar refractivity (Wildman–Crippen MR) is 85.9 cm³/mol. The average molecular weight is 354 g/mol. The van der Waals surface area contributed by atoms with Crippen LogP contribution in [-0.4, -0.2) is 5.91 Å². The van der Waals surface area contributed by atoms with Crippen molar-refractivity contribution in [1.29, 1.82) is 0 Å². The van der Waals surface area contributed by atoms with Gasteiger partial charge >= 0.3 is 0 Å². The number of nitrogens with two attached hydrogens (primary N) is 1. The maximum Gasteiger partial charge on any atom is 0.253 e. The van der Waals surface area contributed by atoms with Crippen LogP contribution in [0.25, 0.3) is 0 Å². The van der Waals surface area contributed by atoms with Gasteiger partial charge in [0.1, 0.15) is 0 Å². The van der Waals surface area contributed by atoms with Gasteiger partial charge in [0.25, 0.3) is 5.91 Å². The molecule has 20 heavy (non-hydrogen) atoms. The van der Waals surface area contributed by atoms with E-state index in [0.29, 0.717) is 16.3 Å². The Morgan fingerprint density at radius 2 is 1.90 bits per heavy atom. The van der Waals surface area contributed by atoms with Crippen molar-refractivity contribution in [2.75, 3.05) is 5.73 Å². The van der Waals surface area contributed by atoms with Gasteiger partial charge in [-0.3, -0.25) is 4.79 Å². The van der Waals surface area contributed by atoms with Gasteiger partial charge in [-0.1, -0.05) is 39.7 Å². The van der Waals surface area contributed by atoms with Crippen LogP contribution in [0.5, 0.6) is 0 Å². The number of hydrogen-bond donors (Lipinski definition) is 2. The van der Waals surface area contributed by atoms with Crippen molar-refractivity contribution in [3.05, 3.63) is 63.1 Å². The SMILES string of the molecule is C[C@@H](NC(=O)c1ccc(Cl)cc1N)c1ccc(Br)cc1. The Kier molecular flexibility index (Phi) is 4.68. The molecule has 0 aliphatic rings. The van der Waals surface area contributed by atoms with E-state index in [-0.39, 0.29) is 11.9 Å². The fourth-order valence-electron chi connectivity index (χ4n) is 1.85. The van der Waals surface area contributed by atoms with Gasteiger partial charge < -0.3 is 11.1 Å². The first kappa shape index (κ1) is 14.9. The Hall–Kier alpha value is -1.52. The third-order valence-corrected chi connectivity index (χ3v) is 3.74. The van der Waals surface area contributed by atoms with E-state index in [9.17, 15) is 4.79 Å².